The second-order valence-electron chi connectivity index (χ2n) is 7.21. The molecule has 1 aromatic rings. The lowest BCUT2D eigenvalue weighted by Gasteiger charge is -2.10. The molecular weight excluding hydrogens is 338 g/mol. The van der Waals surface area contributed by atoms with Crippen molar-refractivity contribution in [1.29, 1.82) is 0 Å². The first kappa shape index (κ1) is 23.3. The van der Waals surface area contributed by atoms with Crippen LogP contribution >= 0.6 is 0 Å². The Bertz CT molecular complexity index is 516. The molecule has 0 radical (unpaired) electrons. The monoisotopic (exact) mass is 377 g/mol. The maximum absolute atomic E-state index is 12.3. The summed E-state index contributed by atoms with van der Waals surface area (Å²) in [7, 11) is 3.17. The van der Waals surface area contributed by atoms with Gasteiger partial charge < -0.3 is 14.8 Å². The first-order valence-corrected chi connectivity index (χ1v) is 10.7. The third-order valence-corrected chi connectivity index (χ3v) is 4.97. The molecule has 0 aliphatic heterocycles. The van der Waals surface area contributed by atoms with E-state index in [-0.39, 0.29) is 5.91 Å². The van der Waals surface area contributed by atoms with Crippen LogP contribution in [0.5, 0.6) is 11.5 Å². The highest BCUT2D eigenvalue weighted by atomic mass is 16.5. The number of ether oxygens (including phenoxy) is 2. The molecule has 4 heteroatoms. The number of rotatable bonds is 16. The molecule has 0 fully saturated rings. The standard InChI is InChI=1S/C23H39NO3/c1-4-5-6-7-8-9-10-11-12-13-14-15-18-24-23(25)21-17-16-20(26-2)19-22(21)27-3/h16-17,19H,4-15,18H2,1-3H3,(H,24,25). The second kappa shape index (κ2) is 15.4. The van der Waals surface area contributed by atoms with E-state index in [0.717, 1.165) is 6.42 Å². The highest BCUT2D eigenvalue weighted by Crippen LogP contribution is 2.24. The van der Waals surface area contributed by atoms with E-state index >= 15 is 0 Å². The Balaban J connectivity index is 2.04. The second-order valence-corrected chi connectivity index (χ2v) is 7.21. The summed E-state index contributed by atoms with van der Waals surface area (Å²) in [5.74, 6) is 1.14. The molecule has 0 saturated carbocycles. The van der Waals surface area contributed by atoms with E-state index in [1.54, 1.807) is 32.4 Å². The maximum Gasteiger partial charge on any atom is 0.255 e. The van der Waals surface area contributed by atoms with Gasteiger partial charge in [0.2, 0.25) is 0 Å². The van der Waals surface area contributed by atoms with Crippen LogP contribution in [0, 0.1) is 0 Å². The van der Waals surface area contributed by atoms with E-state index in [0.29, 0.717) is 23.6 Å². The fraction of sp³-hybridized carbons (Fsp3) is 0.696. The van der Waals surface area contributed by atoms with Crippen LogP contribution in [-0.4, -0.2) is 26.7 Å². The quantitative estimate of drug-likeness (QED) is 0.352. The smallest absolute Gasteiger partial charge is 0.255 e. The lowest BCUT2D eigenvalue weighted by atomic mass is 10.1. The Hall–Kier alpha value is -1.71. The fourth-order valence-corrected chi connectivity index (χ4v) is 3.25. The molecule has 1 N–H and O–H groups in total. The number of benzene rings is 1. The lowest BCUT2D eigenvalue weighted by molar-refractivity contribution is 0.0950. The average Bonchev–Trinajstić information content (AvgIpc) is 2.70. The van der Waals surface area contributed by atoms with Crippen LogP contribution in [0.15, 0.2) is 18.2 Å². The number of hydrogen-bond donors (Lipinski definition) is 1. The molecule has 0 aliphatic rings. The molecule has 0 aromatic heterocycles. The molecule has 1 rings (SSSR count). The highest BCUT2D eigenvalue weighted by Gasteiger charge is 2.12. The van der Waals surface area contributed by atoms with Crippen LogP contribution in [0.4, 0.5) is 0 Å². The van der Waals surface area contributed by atoms with Crippen LogP contribution in [-0.2, 0) is 0 Å². The molecule has 0 saturated heterocycles. The van der Waals surface area contributed by atoms with Gasteiger partial charge in [-0.2, -0.15) is 0 Å². The topological polar surface area (TPSA) is 47.6 Å². The van der Waals surface area contributed by atoms with Crippen LogP contribution in [0.25, 0.3) is 0 Å². The van der Waals surface area contributed by atoms with Gasteiger partial charge in [-0.3, -0.25) is 4.79 Å². The summed E-state index contributed by atoms with van der Waals surface area (Å²) in [6, 6.07) is 5.26. The van der Waals surface area contributed by atoms with Gasteiger partial charge in [0.15, 0.2) is 0 Å². The summed E-state index contributed by atoms with van der Waals surface area (Å²) in [5, 5.41) is 2.99. The molecule has 0 spiro atoms. The number of methoxy groups -OCH3 is 2. The van der Waals surface area contributed by atoms with Gasteiger partial charge in [-0.05, 0) is 18.6 Å². The molecule has 0 atom stereocenters. The molecule has 0 heterocycles. The lowest BCUT2D eigenvalue weighted by Crippen LogP contribution is -2.24. The molecule has 0 bridgehead atoms. The first-order chi connectivity index (χ1) is 13.2. The molecule has 154 valence electrons. The number of amides is 1. The predicted octanol–water partition coefficient (Wildman–Crippen LogP) is 6.13. The Morgan fingerprint density at radius 2 is 1.37 bits per heavy atom. The molecule has 27 heavy (non-hydrogen) atoms. The third kappa shape index (κ3) is 10.3. The number of nitrogens with one attached hydrogen (secondary N) is 1. The van der Waals surface area contributed by atoms with Crippen molar-refractivity contribution in [3.05, 3.63) is 23.8 Å². The highest BCUT2D eigenvalue weighted by molar-refractivity contribution is 5.97. The van der Waals surface area contributed by atoms with E-state index < -0.39 is 0 Å². The van der Waals surface area contributed by atoms with Crippen LogP contribution < -0.4 is 14.8 Å². The number of hydrogen-bond acceptors (Lipinski definition) is 3. The fourth-order valence-electron chi connectivity index (χ4n) is 3.25. The minimum absolute atomic E-state index is 0.0856. The van der Waals surface area contributed by atoms with Crippen LogP contribution in [0.1, 0.15) is 94.3 Å². The Morgan fingerprint density at radius 1 is 0.815 bits per heavy atom. The van der Waals surface area contributed by atoms with Gasteiger partial charge in [0, 0.05) is 12.6 Å². The zero-order chi connectivity index (χ0) is 19.7. The number of carbonyl (C=O) groups is 1. The molecule has 4 nitrogen and oxygen atoms in total. The van der Waals surface area contributed by atoms with Gasteiger partial charge in [0.1, 0.15) is 11.5 Å². The van der Waals surface area contributed by atoms with Crippen molar-refractivity contribution in [3.8, 4) is 11.5 Å². The van der Waals surface area contributed by atoms with Gasteiger partial charge in [-0.25, -0.2) is 0 Å². The van der Waals surface area contributed by atoms with E-state index in [4.69, 9.17) is 9.47 Å². The van der Waals surface area contributed by atoms with Crippen molar-refractivity contribution in [1.82, 2.24) is 5.32 Å². The Labute approximate surface area is 166 Å². The number of carbonyl (C=O) groups excluding carboxylic acids is 1. The first-order valence-electron chi connectivity index (χ1n) is 10.7. The van der Waals surface area contributed by atoms with Crippen LogP contribution in [0.3, 0.4) is 0 Å². The zero-order valence-corrected chi connectivity index (χ0v) is 17.6. The normalized spacial score (nSPS) is 10.6. The maximum atomic E-state index is 12.3. The van der Waals surface area contributed by atoms with Crippen molar-refractivity contribution in [2.75, 3.05) is 20.8 Å². The molecule has 1 aromatic carbocycles. The summed E-state index contributed by atoms with van der Waals surface area (Å²) < 4.78 is 10.4. The van der Waals surface area contributed by atoms with Crippen molar-refractivity contribution in [2.45, 2.75) is 84.0 Å². The Morgan fingerprint density at radius 3 is 1.89 bits per heavy atom. The number of unbranched alkanes of at least 4 members (excludes halogenated alkanes) is 11. The van der Waals surface area contributed by atoms with Crippen molar-refractivity contribution in [2.24, 2.45) is 0 Å². The summed E-state index contributed by atoms with van der Waals surface area (Å²) in [5.41, 5.74) is 0.553. The Kier molecular flexibility index (Phi) is 13.3. The van der Waals surface area contributed by atoms with Crippen molar-refractivity contribution in [3.63, 3.8) is 0 Å². The SMILES string of the molecule is CCCCCCCCCCCCCCNC(=O)c1ccc(OC)cc1OC. The van der Waals surface area contributed by atoms with Gasteiger partial charge in [-0.15, -0.1) is 0 Å². The van der Waals surface area contributed by atoms with E-state index in [1.165, 1.54) is 70.6 Å². The third-order valence-electron chi connectivity index (χ3n) is 4.97. The molecule has 1 amide bonds. The average molecular weight is 378 g/mol. The zero-order valence-electron chi connectivity index (χ0n) is 17.6. The van der Waals surface area contributed by atoms with Crippen molar-refractivity contribution < 1.29 is 14.3 Å². The summed E-state index contributed by atoms with van der Waals surface area (Å²) >= 11 is 0. The summed E-state index contributed by atoms with van der Waals surface area (Å²) in [6.07, 6.45) is 15.8. The minimum atomic E-state index is -0.0856. The van der Waals surface area contributed by atoms with Crippen LogP contribution in [0.2, 0.25) is 0 Å². The molecule has 0 aliphatic carbocycles. The van der Waals surface area contributed by atoms with Gasteiger partial charge in [0.25, 0.3) is 5.91 Å². The molecule has 0 unspecified atom stereocenters. The predicted molar refractivity (Wildman–Crippen MR) is 113 cm³/mol. The summed E-state index contributed by atoms with van der Waals surface area (Å²) in [6.45, 7) is 2.98. The van der Waals surface area contributed by atoms with Crippen molar-refractivity contribution >= 4 is 5.91 Å². The molecular formula is C23H39NO3. The van der Waals surface area contributed by atoms with Gasteiger partial charge >= 0.3 is 0 Å². The van der Waals surface area contributed by atoms with E-state index in [2.05, 4.69) is 12.2 Å². The van der Waals surface area contributed by atoms with E-state index in [1.807, 2.05) is 0 Å². The summed E-state index contributed by atoms with van der Waals surface area (Å²) in [4.78, 5) is 12.3. The largest absolute Gasteiger partial charge is 0.497 e. The van der Waals surface area contributed by atoms with E-state index in [9.17, 15) is 4.79 Å². The van der Waals surface area contributed by atoms with Gasteiger partial charge in [-0.1, -0.05) is 77.6 Å². The minimum Gasteiger partial charge on any atom is -0.497 e. The van der Waals surface area contributed by atoms with Gasteiger partial charge in [0.05, 0.1) is 19.8 Å².